The number of unbranched alkanes of at least 4 members (excludes halogenated alkanes) is 1. The SMILES string of the molecule is C=C(C)C(=O)C(O)CCCOC(=O)CCCCC(=O)O. The number of carboxylic acid groups (broad SMARTS) is 1. The van der Waals surface area contributed by atoms with Gasteiger partial charge in [0.15, 0.2) is 5.78 Å². The van der Waals surface area contributed by atoms with Crippen LogP contribution in [0.1, 0.15) is 45.4 Å². The second-order valence-corrected chi connectivity index (χ2v) is 4.62. The topological polar surface area (TPSA) is 101 Å². The lowest BCUT2D eigenvalue weighted by molar-refractivity contribution is -0.144. The first-order valence-corrected chi connectivity index (χ1v) is 6.59. The van der Waals surface area contributed by atoms with Gasteiger partial charge >= 0.3 is 11.9 Å². The maximum absolute atomic E-state index is 11.3. The molecule has 20 heavy (non-hydrogen) atoms. The van der Waals surface area contributed by atoms with Crippen LogP contribution < -0.4 is 0 Å². The van der Waals surface area contributed by atoms with Crippen molar-refractivity contribution < 1.29 is 29.3 Å². The molecular formula is C14H22O6. The number of hydrogen-bond donors (Lipinski definition) is 2. The molecule has 0 rings (SSSR count). The molecule has 0 heterocycles. The molecule has 0 aromatic carbocycles. The summed E-state index contributed by atoms with van der Waals surface area (Å²) in [4.78, 5) is 32.8. The van der Waals surface area contributed by atoms with Crippen LogP contribution in [0.15, 0.2) is 12.2 Å². The van der Waals surface area contributed by atoms with Crippen LogP contribution in [0.25, 0.3) is 0 Å². The Morgan fingerprint density at radius 2 is 1.75 bits per heavy atom. The van der Waals surface area contributed by atoms with Gasteiger partial charge in [0.05, 0.1) is 6.61 Å². The molecule has 0 aromatic rings. The molecule has 0 aliphatic heterocycles. The fraction of sp³-hybridized carbons (Fsp3) is 0.643. The molecule has 1 unspecified atom stereocenters. The van der Waals surface area contributed by atoms with Crippen molar-refractivity contribution in [3.05, 3.63) is 12.2 Å². The highest BCUT2D eigenvalue weighted by Gasteiger charge is 2.15. The highest BCUT2D eigenvalue weighted by atomic mass is 16.5. The van der Waals surface area contributed by atoms with E-state index in [1.54, 1.807) is 0 Å². The zero-order valence-electron chi connectivity index (χ0n) is 11.8. The number of ketones is 1. The monoisotopic (exact) mass is 286 g/mol. The molecule has 0 aliphatic carbocycles. The van der Waals surface area contributed by atoms with Crippen LogP contribution in [-0.2, 0) is 19.1 Å². The van der Waals surface area contributed by atoms with E-state index in [9.17, 15) is 19.5 Å². The third-order valence-corrected chi connectivity index (χ3v) is 2.63. The van der Waals surface area contributed by atoms with Gasteiger partial charge in [-0.2, -0.15) is 0 Å². The Bertz CT molecular complexity index is 361. The maximum atomic E-state index is 11.3. The lowest BCUT2D eigenvalue weighted by Crippen LogP contribution is -2.21. The van der Waals surface area contributed by atoms with Crippen molar-refractivity contribution in [1.82, 2.24) is 0 Å². The van der Waals surface area contributed by atoms with E-state index in [-0.39, 0.29) is 25.9 Å². The van der Waals surface area contributed by atoms with E-state index in [0.717, 1.165) is 0 Å². The van der Waals surface area contributed by atoms with Crippen LogP contribution in [0.5, 0.6) is 0 Å². The normalized spacial score (nSPS) is 11.7. The summed E-state index contributed by atoms with van der Waals surface area (Å²) >= 11 is 0. The number of aliphatic carboxylic acids is 1. The summed E-state index contributed by atoms with van der Waals surface area (Å²) < 4.78 is 4.91. The van der Waals surface area contributed by atoms with Gasteiger partial charge in [-0.05, 0) is 38.2 Å². The minimum atomic E-state index is -1.10. The molecular weight excluding hydrogens is 264 g/mol. The average Bonchev–Trinajstić information content (AvgIpc) is 2.38. The quantitative estimate of drug-likeness (QED) is 0.339. The second-order valence-electron chi connectivity index (χ2n) is 4.62. The largest absolute Gasteiger partial charge is 0.481 e. The minimum absolute atomic E-state index is 0.0441. The lowest BCUT2D eigenvalue weighted by Gasteiger charge is -2.09. The highest BCUT2D eigenvalue weighted by Crippen LogP contribution is 2.06. The van der Waals surface area contributed by atoms with E-state index >= 15 is 0 Å². The van der Waals surface area contributed by atoms with Crippen molar-refractivity contribution in [2.24, 2.45) is 0 Å². The highest BCUT2D eigenvalue weighted by molar-refractivity contribution is 5.97. The Kier molecular flexibility index (Phi) is 9.28. The number of aliphatic hydroxyl groups excluding tert-OH is 1. The minimum Gasteiger partial charge on any atom is -0.481 e. The smallest absolute Gasteiger partial charge is 0.305 e. The molecule has 0 saturated carbocycles. The van der Waals surface area contributed by atoms with Crippen LogP contribution in [0.3, 0.4) is 0 Å². The molecule has 0 aromatic heterocycles. The molecule has 0 radical (unpaired) electrons. The fourth-order valence-electron chi connectivity index (χ4n) is 1.50. The number of carboxylic acids is 1. The van der Waals surface area contributed by atoms with Crippen LogP contribution in [0, 0.1) is 0 Å². The Morgan fingerprint density at radius 1 is 1.15 bits per heavy atom. The third-order valence-electron chi connectivity index (χ3n) is 2.63. The number of esters is 1. The summed E-state index contributed by atoms with van der Waals surface area (Å²) in [6.07, 6.45) is 0.655. The Morgan fingerprint density at radius 3 is 2.30 bits per heavy atom. The van der Waals surface area contributed by atoms with E-state index in [0.29, 0.717) is 24.8 Å². The number of ether oxygens (including phenoxy) is 1. The summed E-state index contributed by atoms with van der Waals surface area (Å²) in [5.74, 6) is -1.67. The van der Waals surface area contributed by atoms with Crippen LogP contribution in [0.4, 0.5) is 0 Å². The summed E-state index contributed by atoms with van der Waals surface area (Å²) in [6, 6.07) is 0. The number of Topliss-reactive ketones (excluding diaryl/α,β-unsaturated/α-hetero) is 1. The van der Waals surface area contributed by atoms with Gasteiger partial charge in [-0.3, -0.25) is 14.4 Å². The fourth-order valence-corrected chi connectivity index (χ4v) is 1.50. The molecule has 6 nitrogen and oxygen atoms in total. The second kappa shape index (κ2) is 10.1. The lowest BCUT2D eigenvalue weighted by atomic mass is 10.1. The van der Waals surface area contributed by atoms with Gasteiger partial charge in [0.2, 0.25) is 0 Å². The molecule has 0 saturated heterocycles. The van der Waals surface area contributed by atoms with Crippen molar-refractivity contribution in [1.29, 1.82) is 0 Å². The van der Waals surface area contributed by atoms with Gasteiger partial charge in [-0.25, -0.2) is 0 Å². The first-order chi connectivity index (χ1) is 9.34. The first kappa shape index (κ1) is 18.3. The van der Waals surface area contributed by atoms with E-state index in [4.69, 9.17) is 9.84 Å². The molecule has 0 aliphatic rings. The first-order valence-electron chi connectivity index (χ1n) is 6.59. The van der Waals surface area contributed by atoms with E-state index in [1.165, 1.54) is 6.92 Å². The zero-order chi connectivity index (χ0) is 15.5. The van der Waals surface area contributed by atoms with E-state index < -0.39 is 23.8 Å². The summed E-state index contributed by atoms with van der Waals surface area (Å²) in [5, 5.41) is 17.9. The predicted molar refractivity (Wildman–Crippen MR) is 72.1 cm³/mol. The van der Waals surface area contributed by atoms with E-state index in [2.05, 4.69) is 6.58 Å². The molecule has 1 atom stereocenters. The Balaban J connectivity index is 3.59. The van der Waals surface area contributed by atoms with Crippen molar-refractivity contribution >= 4 is 17.7 Å². The molecule has 2 N–H and O–H groups in total. The van der Waals surface area contributed by atoms with Gasteiger partial charge in [0.25, 0.3) is 0 Å². The number of aliphatic hydroxyl groups is 1. The molecule has 0 fully saturated rings. The Hall–Kier alpha value is -1.69. The van der Waals surface area contributed by atoms with Gasteiger partial charge in [0.1, 0.15) is 6.10 Å². The standard InChI is InChI=1S/C14H22O6/c1-10(2)14(19)11(15)6-5-9-20-13(18)8-4-3-7-12(16)17/h11,15H,1,3-9H2,2H3,(H,16,17). The summed E-state index contributed by atoms with van der Waals surface area (Å²) in [5.41, 5.74) is 0.299. The van der Waals surface area contributed by atoms with Crippen molar-refractivity contribution in [2.45, 2.75) is 51.6 Å². The molecule has 114 valence electrons. The number of carbonyl (C=O) groups excluding carboxylic acids is 2. The third kappa shape index (κ3) is 9.27. The molecule has 0 bridgehead atoms. The number of rotatable bonds is 11. The Labute approximate surface area is 118 Å². The number of hydrogen-bond acceptors (Lipinski definition) is 5. The van der Waals surface area contributed by atoms with Gasteiger partial charge in [-0.1, -0.05) is 6.58 Å². The van der Waals surface area contributed by atoms with Gasteiger partial charge < -0.3 is 14.9 Å². The zero-order valence-corrected chi connectivity index (χ0v) is 11.8. The van der Waals surface area contributed by atoms with Crippen LogP contribution in [-0.4, -0.2) is 40.6 Å². The maximum Gasteiger partial charge on any atom is 0.305 e. The van der Waals surface area contributed by atoms with Crippen LogP contribution >= 0.6 is 0 Å². The van der Waals surface area contributed by atoms with Crippen molar-refractivity contribution in [2.75, 3.05) is 6.61 Å². The molecule has 0 spiro atoms. The van der Waals surface area contributed by atoms with Gasteiger partial charge in [0, 0.05) is 12.8 Å². The number of carbonyl (C=O) groups is 3. The van der Waals surface area contributed by atoms with Gasteiger partial charge in [-0.15, -0.1) is 0 Å². The predicted octanol–water partition coefficient (Wildman–Crippen LogP) is 1.46. The van der Waals surface area contributed by atoms with Crippen molar-refractivity contribution in [3.8, 4) is 0 Å². The molecule has 6 heteroatoms. The summed E-state index contributed by atoms with van der Waals surface area (Å²) in [6.45, 7) is 5.12. The van der Waals surface area contributed by atoms with E-state index in [1.807, 2.05) is 0 Å². The van der Waals surface area contributed by atoms with Crippen LogP contribution in [0.2, 0.25) is 0 Å². The average molecular weight is 286 g/mol. The van der Waals surface area contributed by atoms with Crippen molar-refractivity contribution in [3.63, 3.8) is 0 Å². The summed E-state index contributed by atoms with van der Waals surface area (Å²) in [7, 11) is 0. The molecule has 0 amide bonds.